The number of aliphatic carboxylic acids is 2. The van der Waals surface area contributed by atoms with Crippen molar-refractivity contribution in [2.45, 2.75) is 46.2 Å². The van der Waals surface area contributed by atoms with Crippen molar-refractivity contribution in [1.29, 1.82) is 0 Å². The molecule has 1 aliphatic heterocycles. The minimum absolute atomic E-state index is 0.558. The summed E-state index contributed by atoms with van der Waals surface area (Å²) < 4.78 is 0. The Labute approximate surface area is 172 Å². The zero-order chi connectivity index (χ0) is 21.1. The summed E-state index contributed by atoms with van der Waals surface area (Å²) >= 11 is 6.47. The molecule has 0 aromatic heterocycles. The minimum Gasteiger partial charge on any atom is -0.478 e. The summed E-state index contributed by atoms with van der Waals surface area (Å²) in [6.07, 6.45) is 3.61. The normalized spacial score (nSPS) is 14.9. The van der Waals surface area contributed by atoms with E-state index < -0.39 is 11.9 Å². The van der Waals surface area contributed by atoms with Gasteiger partial charge in [0.2, 0.25) is 0 Å². The number of rotatable bonds is 7. The zero-order valence-corrected chi connectivity index (χ0v) is 17.6. The first-order valence-corrected chi connectivity index (χ1v) is 9.91. The van der Waals surface area contributed by atoms with Crippen LogP contribution in [0.25, 0.3) is 0 Å². The number of hydrogen-bond acceptors (Lipinski definition) is 4. The molecule has 7 heteroatoms. The zero-order valence-electron chi connectivity index (χ0n) is 16.8. The Hall–Kier alpha value is -1.89. The first kappa shape index (κ1) is 24.1. The molecule has 0 bridgehead atoms. The molecule has 0 aliphatic carbocycles. The van der Waals surface area contributed by atoms with Crippen LogP contribution in [-0.2, 0) is 16.1 Å². The van der Waals surface area contributed by atoms with Gasteiger partial charge in [0.05, 0.1) is 0 Å². The number of piperidine rings is 1. The number of aryl methyl sites for hydroxylation is 1. The standard InChI is InChI=1S/C17H27ClN2.C4H4O4/c1-13(2)11-20(16-7-9-19-10-8-16)12-15-6-4-5-14(3)17(15)18;5-3(6)1-2-4(7)8/h4-6,13,16,19H,7-12H2,1-3H3;1-2H,(H,5,6)(H,7,8)/b;2-1+. The van der Waals surface area contributed by atoms with E-state index >= 15 is 0 Å². The fraction of sp³-hybridized carbons (Fsp3) is 0.524. The Morgan fingerprint density at radius 3 is 2.29 bits per heavy atom. The Morgan fingerprint density at radius 1 is 1.21 bits per heavy atom. The summed E-state index contributed by atoms with van der Waals surface area (Å²) in [7, 11) is 0. The molecule has 0 unspecified atom stereocenters. The van der Waals surface area contributed by atoms with E-state index in [-0.39, 0.29) is 0 Å². The van der Waals surface area contributed by atoms with Crippen LogP contribution in [-0.4, -0.2) is 52.7 Å². The molecule has 1 aliphatic rings. The molecule has 28 heavy (non-hydrogen) atoms. The SMILES string of the molecule is Cc1cccc(CN(CC(C)C)C2CCNCC2)c1Cl.O=C(O)/C=C/C(=O)O. The van der Waals surface area contributed by atoms with Gasteiger partial charge in [-0.15, -0.1) is 0 Å². The molecule has 0 amide bonds. The first-order chi connectivity index (χ1) is 13.2. The number of benzene rings is 1. The lowest BCUT2D eigenvalue weighted by Gasteiger charge is -2.36. The number of nitrogens with zero attached hydrogens (tertiary/aromatic N) is 1. The van der Waals surface area contributed by atoms with Gasteiger partial charge in [0.15, 0.2) is 0 Å². The van der Waals surface area contributed by atoms with Crippen LogP contribution in [0.15, 0.2) is 30.4 Å². The Kier molecular flexibility index (Phi) is 10.8. The van der Waals surface area contributed by atoms with Crippen LogP contribution in [0.2, 0.25) is 5.02 Å². The fourth-order valence-corrected chi connectivity index (χ4v) is 3.36. The van der Waals surface area contributed by atoms with Crippen molar-refractivity contribution in [3.63, 3.8) is 0 Å². The maximum Gasteiger partial charge on any atom is 0.328 e. The van der Waals surface area contributed by atoms with Gasteiger partial charge < -0.3 is 15.5 Å². The first-order valence-electron chi connectivity index (χ1n) is 9.53. The second kappa shape index (κ2) is 12.5. The minimum atomic E-state index is -1.26. The molecule has 1 saturated heterocycles. The highest BCUT2D eigenvalue weighted by Crippen LogP contribution is 2.24. The van der Waals surface area contributed by atoms with Gasteiger partial charge in [0, 0.05) is 36.3 Å². The van der Waals surface area contributed by atoms with E-state index in [0.717, 1.165) is 31.2 Å². The third kappa shape index (κ3) is 9.35. The van der Waals surface area contributed by atoms with Gasteiger partial charge >= 0.3 is 11.9 Å². The topological polar surface area (TPSA) is 89.9 Å². The van der Waals surface area contributed by atoms with E-state index in [1.165, 1.54) is 24.0 Å². The summed E-state index contributed by atoms with van der Waals surface area (Å²) in [6, 6.07) is 7.06. The third-order valence-corrected chi connectivity index (χ3v) is 4.98. The average molecular weight is 411 g/mol. The smallest absolute Gasteiger partial charge is 0.328 e. The highest BCUT2D eigenvalue weighted by Gasteiger charge is 2.22. The number of nitrogens with one attached hydrogen (secondary N) is 1. The van der Waals surface area contributed by atoms with Crippen LogP contribution in [0.5, 0.6) is 0 Å². The Morgan fingerprint density at radius 2 is 1.79 bits per heavy atom. The summed E-state index contributed by atoms with van der Waals surface area (Å²) in [5.41, 5.74) is 2.45. The van der Waals surface area contributed by atoms with Gasteiger partial charge in [-0.25, -0.2) is 9.59 Å². The largest absolute Gasteiger partial charge is 0.478 e. The molecule has 3 N–H and O–H groups in total. The van der Waals surface area contributed by atoms with E-state index in [1.54, 1.807) is 0 Å². The van der Waals surface area contributed by atoms with E-state index in [1.807, 2.05) is 0 Å². The summed E-state index contributed by atoms with van der Waals surface area (Å²) in [5.74, 6) is -1.83. The molecule has 1 heterocycles. The number of carboxylic acid groups (broad SMARTS) is 2. The van der Waals surface area contributed by atoms with Crippen LogP contribution < -0.4 is 5.32 Å². The highest BCUT2D eigenvalue weighted by atomic mass is 35.5. The van der Waals surface area contributed by atoms with Crippen molar-refractivity contribution in [3.05, 3.63) is 46.5 Å². The van der Waals surface area contributed by atoms with Gasteiger partial charge in [-0.1, -0.05) is 43.6 Å². The van der Waals surface area contributed by atoms with Crippen molar-refractivity contribution in [2.24, 2.45) is 5.92 Å². The van der Waals surface area contributed by atoms with Crippen molar-refractivity contribution in [1.82, 2.24) is 10.2 Å². The average Bonchev–Trinajstić information content (AvgIpc) is 2.64. The molecule has 156 valence electrons. The molecular formula is C21H31ClN2O4. The molecule has 1 fully saturated rings. The molecule has 0 spiro atoms. The van der Waals surface area contributed by atoms with Crippen LogP contribution in [0.4, 0.5) is 0 Å². The van der Waals surface area contributed by atoms with E-state index in [4.69, 9.17) is 21.8 Å². The van der Waals surface area contributed by atoms with Gasteiger partial charge in [-0.05, 0) is 49.9 Å². The van der Waals surface area contributed by atoms with E-state index in [9.17, 15) is 9.59 Å². The second-order valence-electron chi connectivity index (χ2n) is 7.36. The number of hydrogen-bond donors (Lipinski definition) is 3. The summed E-state index contributed by atoms with van der Waals surface area (Å²) in [4.78, 5) is 21.7. The molecule has 2 rings (SSSR count). The van der Waals surface area contributed by atoms with E-state index in [0.29, 0.717) is 24.1 Å². The quantitative estimate of drug-likeness (QED) is 0.595. The van der Waals surface area contributed by atoms with Crippen LogP contribution in [0.1, 0.15) is 37.8 Å². The molecule has 1 aromatic carbocycles. The Bertz CT molecular complexity index is 654. The second-order valence-corrected chi connectivity index (χ2v) is 7.74. The molecular weight excluding hydrogens is 380 g/mol. The van der Waals surface area contributed by atoms with Crippen LogP contribution in [0, 0.1) is 12.8 Å². The molecule has 0 saturated carbocycles. The van der Waals surface area contributed by atoms with Crippen molar-refractivity contribution in [2.75, 3.05) is 19.6 Å². The molecule has 0 atom stereocenters. The Balaban J connectivity index is 0.000000416. The maximum absolute atomic E-state index is 9.55. The predicted molar refractivity (Wildman–Crippen MR) is 112 cm³/mol. The number of halogens is 1. The molecule has 0 radical (unpaired) electrons. The van der Waals surface area contributed by atoms with Gasteiger partial charge in [-0.2, -0.15) is 0 Å². The number of carboxylic acids is 2. The number of carbonyl (C=O) groups is 2. The third-order valence-electron chi connectivity index (χ3n) is 4.44. The molecule has 6 nitrogen and oxygen atoms in total. The lowest BCUT2D eigenvalue weighted by Crippen LogP contribution is -2.44. The molecule has 1 aromatic rings. The highest BCUT2D eigenvalue weighted by molar-refractivity contribution is 6.32. The van der Waals surface area contributed by atoms with Gasteiger partial charge in [-0.3, -0.25) is 4.90 Å². The van der Waals surface area contributed by atoms with Crippen molar-refractivity contribution >= 4 is 23.5 Å². The maximum atomic E-state index is 9.55. The van der Waals surface area contributed by atoms with Gasteiger partial charge in [0.25, 0.3) is 0 Å². The van der Waals surface area contributed by atoms with E-state index in [2.05, 4.69) is 49.2 Å². The van der Waals surface area contributed by atoms with Crippen LogP contribution >= 0.6 is 11.6 Å². The van der Waals surface area contributed by atoms with Gasteiger partial charge in [0.1, 0.15) is 0 Å². The fourth-order valence-electron chi connectivity index (χ4n) is 3.18. The monoisotopic (exact) mass is 410 g/mol. The summed E-state index contributed by atoms with van der Waals surface area (Å²) in [5, 5.41) is 20.0. The lowest BCUT2D eigenvalue weighted by atomic mass is 10.0. The summed E-state index contributed by atoms with van der Waals surface area (Å²) in [6.45, 7) is 11.1. The predicted octanol–water partition coefficient (Wildman–Crippen LogP) is 3.57. The lowest BCUT2D eigenvalue weighted by molar-refractivity contribution is -0.134. The van der Waals surface area contributed by atoms with Crippen molar-refractivity contribution < 1.29 is 19.8 Å². The van der Waals surface area contributed by atoms with Crippen LogP contribution in [0.3, 0.4) is 0 Å². The van der Waals surface area contributed by atoms with Crippen molar-refractivity contribution in [3.8, 4) is 0 Å².